The van der Waals surface area contributed by atoms with Crippen molar-refractivity contribution in [2.45, 2.75) is 19.8 Å². The lowest BCUT2D eigenvalue weighted by Gasteiger charge is -2.13. The Hall–Kier alpha value is -0.640. The molecule has 0 atom stereocenters. The average Bonchev–Trinajstić information content (AvgIpc) is 2.03. The van der Waals surface area contributed by atoms with Crippen LogP contribution >= 0.6 is 12.2 Å². The second-order valence-corrected chi connectivity index (χ2v) is 3.00. The Labute approximate surface area is 78.7 Å². The van der Waals surface area contributed by atoms with Gasteiger partial charge in [0.15, 0.2) is 0 Å². The summed E-state index contributed by atoms with van der Waals surface area (Å²) < 4.78 is 5.11. The highest BCUT2D eigenvalue weighted by atomic mass is 32.1. The molecule has 0 aliphatic carbocycles. The monoisotopic (exact) mass is 189 g/mol. The quantitative estimate of drug-likeness (QED) is 0.622. The first-order chi connectivity index (χ1) is 5.57. The van der Waals surface area contributed by atoms with Crippen LogP contribution in [-0.2, 0) is 9.53 Å². The van der Waals surface area contributed by atoms with Gasteiger partial charge in [0.1, 0.15) is 5.78 Å². The van der Waals surface area contributed by atoms with Crippen LogP contribution in [0.2, 0.25) is 0 Å². The van der Waals surface area contributed by atoms with Gasteiger partial charge >= 0.3 is 0 Å². The lowest BCUT2D eigenvalue weighted by atomic mass is 10.2. The highest BCUT2D eigenvalue weighted by molar-refractivity contribution is 7.80. The third-order valence-electron chi connectivity index (χ3n) is 1.37. The summed E-state index contributed by atoms with van der Waals surface area (Å²) in [7, 11) is 3.62. The molecule has 0 aromatic rings. The molecule has 12 heavy (non-hydrogen) atoms. The largest absolute Gasteiger partial charge is 0.470 e. The average molecular weight is 189 g/mol. The van der Waals surface area contributed by atoms with Crippen LogP contribution in [-0.4, -0.2) is 36.6 Å². The fraction of sp³-hybridized carbons (Fsp3) is 0.750. The number of hydrogen-bond acceptors (Lipinski definition) is 3. The van der Waals surface area contributed by atoms with Gasteiger partial charge in [-0.15, -0.1) is 0 Å². The fourth-order valence-electron chi connectivity index (χ4n) is 0.558. The van der Waals surface area contributed by atoms with Crippen molar-refractivity contribution < 1.29 is 9.53 Å². The minimum Gasteiger partial charge on any atom is -0.470 e. The molecule has 0 saturated heterocycles. The number of nitrogens with zero attached hydrogens (tertiary/aromatic N) is 1. The molecule has 4 heteroatoms. The van der Waals surface area contributed by atoms with E-state index in [0.717, 1.165) is 0 Å². The molecule has 0 radical (unpaired) electrons. The topological polar surface area (TPSA) is 29.5 Å². The van der Waals surface area contributed by atoms with Crippen molar-refractivity contribution in [2.75, 3.05) is 20.7 Å². The van der Waals surface area contributed by atoms with Gasteiger partial charge in [-0.3, -0.25) is 4.79 Å². The molecule has 0 aromatic carbocycles. The molecule has 0 aliphatic rings. The summed E-state index contributed by atoms with van der Waals surface area (Å²) in [6.45, 7) is 2.23. The molecule has 0 aromatic heterocycles. The number of carbonyl (C=O) groups is 1. The lowest BCUT2D eigenvalue weighted by molar-refractivity contribution is -0.119. The van der Waals surface area contributed by atoms with E-state index in [4.69, 9.17) is 17.0 Å². The van der Waals surface area contributed by atoms with Crippen LogP contribution in [0.25, 0.3) is 0 Å². The van der Waals surface area contributed by atoms with Gasteiger partial charge in [-0.25, -0.2) is 0 Å². The van der Waals surface area contributed by atoms with Gasteiger partial charge in [0.2, 0.25) is 0 Å². The Morgan fingerprint density at radius 3 is 2.50 bits per heavy atom. The third-order valence-corrected chi connectivity index (χ3v) is 1.85. The summed E-state index contributed by atoms with van der Waals surface area (Å²) in [5.41, 5.74) is 0. The van der Waals surface area contributed by atoms with Crippen molar-refractivity contribution in [1.29, 1.82) is 0 Å². The van der Waals surface area contributed by atoms with Crippen LogP contribution in [0.1, 0.15) is 19.8 Å². The number of hydrogen-bond donors (Lipinski definition) is 0. The smallest absolute Gasteiger partial charge is 0.258 e. The lowest BCUT2D eigenvalue weighted by Crippen LogP contribution is -2.23. The molecule has 3 nitrogen and oxygen atoms in total. The van der Waals surface area contributed by atoms with Crippen LogP contribution in [0, 0.1) is 0 Å². The molecule has 0 unspecified atom stereocenters. The Kier molecular flexibility index (Phi) is 5.62. The summed E-state index contributed by atoms with van der Waals surface area (Å²) in [4.78, 5) is 12.5. The van der Waals surface area contributed by atoms with Gasteiger partial charge in [0.25, 0.3) is 5.17 Å². The first kappa shape index (κ1) is 11.4. The number of rotatable bonds is 4. The van der Waals surface area contributed by atoms with Gasteiger partial charge in [-0.1, -0.05) is 6.92 Å². The second-order valence-electron chi connectivity index (χ2n) is 2.65. The molecule has 0 saturated carbocycles. The Morgan fingerprint density at radius 1 is 1.50 bits per heavy atom. The standard InChI is InChI=1S/C8H15NO2S/c1-4-7(10)5-6-11-8(12)9(2)3/h4-6H2,1-3H3. The Bertz CT molecular complexity index is 168. The first-order valence-corrected chi connectivity index (χ1v) is 4.34. The summed E-state index contributed by atoms with van der Waals surface area (Å²) in [6.07, 6.45) is 1.02. The zero-order chi connectivity index (χ0) is 9.56. The summed E-state index contributed by atoms with van der Waals surface area (Å²) >= 11 is 4.86. The van der Waals surface area contributed by atoms with Crippen LogP contribution < -0.4 is 0 Å². The van der Waals surface area contributed by atoms with Crippen molar-refractivity contribution in [3.63, 3.8) is 0 Å². The molecule has 0 spiro atoms. The summed E-state index contributed by atoms with van der Waals surface area (Å²) in [6, 6.07) is 0. The van der Waals surface area contributed by atoms with Gasteiger partial charge < -0.3 is 9.64 Å². The molecule has 0 fully saturated rings. The van der Waals surface area contributed by atoms with Crippen LogP contribution in [0.3, 0.4) is 0 Å². The highest BCUT2D eigenvalue weighted by Crippen LogP contribution is 1.92. The SMILES string of the molecule is CCC(=O)CCOC(=S)N(C)C. The third kappa shape index (κ3) is 5.07. The van der Waals surface area contributed by atoms with E-state index in [1.54, 1.807) is 4.90 Å². The highest BCUT2D eigenvalue weighted by Gasteiger charge is 2.01. The molecule has 0 bridgehead atoms. The predicted molar refractivity (Wildman–Crippen MR) is 52.2 cm³/mol. The van der Waals surface area contributed by atoms with Gasteiger partial charge in [-0.05, 0) is 12.2 Å². The van der Waals surface area contributed by atoms with E-state index in [1.165, 1.54) is 0 Å². The van der Waals surface area contributed by atoms with E-state index < -0.39 is 0 Å². The van der Waals surface area contributed by atoms with Crippen molar-refractivity contribution in [2.24, 2.45) is 0 Å². The van der Waals surface area contributed by atoms with Crippen LogP contribution in [0.5, 0.6) is 0 Å². The van der Waals surface area contributed by atoms with E-state index in [2.05, 4.69) is 0 Å². The predicted octanol–water partition coefficient (Wildman–Crippen LogP) is 1.22. The van der Waals surface area contributed by atoms with E-state index in [0.29, 0.717) is 24.6 Å². The number of thiocarbonyl (C=S) groups is 1. The zero-order valence-electron chi connectivity index (χ0n) is 7.79. The normalized spacial score (nSPS) is 9.25. The minimum absolute atomic E-state index is 0.205. The Balaban J connectivity index is 3.44. The van der Waals surface area contributed by atoms with Crippen LogP contribution in [0.15, 0.2) is 0 Å². The molecule has 0 heterocycles. The van der Waals surface area contributed by atoms with Gasteiger partial charge in [0.05, 0.1) is 6.61 Å². The summed E-state index contributed by atoms with van der Waals surface area (Å²) in [5.74, 6) is 0.205. The molecule has 0 aliphatic heterocycles. The van der Waals surface area contributed by atoms with Gasteiger partial charge in [-0.2, -0.15) is 0 Å². The van der Waals surface area contributed by atoms with Crippen LogP contribution in [0.4, 0.5) is 0 Å². The van der Waals surface area contributed by atoms with E-state index in [-0.39, 0.29) is 5.78 Å². The van der Waals surface area contributed by atoms with Gasteiger partial charge in [0, 0.05) is 26.9 Å². The maximum absolute atomic E-state index is 10.8. The molecule has 0 amide bonds. The van der Waals surface area contributed by atoms with E-state index in [9.17, 15) is 4.79 Å². The molecule has 0 rings (SSSR count). The maximum Gasteiger partial charge on any atom is 0.258 e. The maximum atomic E-state index is 10.8. The van der Waals surface area contributed by atoms with Crippen molar-refractivity contribution in [1.82, 2.24) is 4.90 Å². The molecular weight excluding hydrogens is 174 g/mol. The van der Waals surface area contributed by atoms with Crippen molar-refractivity contribution in [3.05, 3.63) is 0 Å². The number of ketones is 1. The summed E-state index contributed by atoms with van der Waals surface area (Å²) in [5, 5.41) is 0.430. The van der Waals surface area contributed by atoms with E-state index >= 15 is 0 Å². The van der Waals surface area contributed by atoms with Crippen molar-refractivity contribution >= 4 is 23.2 Å². The number of Topliss-reactive ketones (excluding diaryl/α,β-unsaturated/α-hetero) is 1. The minimum atomic E-state index is 0.205. The molecule has 0 N–H and O–H groups in total. The van der Waals surface area contributed by atoms with E-state index in [1.807, 2.05) is 21.0 Å². The number of ether oxygens (including phenoxy) is 1. The Morgan fingerprint density at radius 2 is 2.08 bits per heavy atom. The fourth-order valence-corrected chi connectivity index (χ4v) is 0.641. The zero-order valence-corrected chi connectivity index (χ0v) is 8.61. The van der Waals surface area contributed by atoms with Crippen molar-refractivity contribution in [3.8, 4) is 0 Å². The number of carbonyl (C=O) groups excluding carboxylic acids is 1. The second kappa shape index (κ2) is 5.94. The first-order valence-electron chi connectivity index (χ1n) is 3.93. The molecule has 70 valence electrons. The molecular formula is C8H15NO2S.